The van der Waals surface area contributed by atoms with E-state index in [1.807, 2.05) is 6.07 Å². The van der Waals surface area contributed by atoms with Gasteiger partial charge in [0.05, 0.1) is 5.69 Å². The second kappa shape index (κ2) is 7.29. The third-order valence-corrected chi connectivity index (χ3v) is 4.19. The van der Waals surface area contributed by atoms with Crippen molar-refractivity contribution in [1.82, 2.24) is 4.98 Å². The maximum atomic E-state index is 13.9. The fourth-order valence-corrected chi connectivity index (χ4v) is 3.03. The number of halogens is 4. The summed E-state index contributed by atoms with van der Waals surface area (Å²) < 4.78 is 54.1. The highest BCUT2D eigenvalue weighted by molar-refractivity contribution is 5.65. The van der Waals surface area contributed by atoms with Crippen LogP contribution in [0.15, 0.2) is 36.5 Å². The second-order valence-electron chi connectivity index (χ2n) is 6.10. The van der Waals surface area contributed by atoms with E-state index in [4.69, 9.17) is 0 Å². The summed E-state index contributed by atoms with van der Waals surface area (Å²) in [5, 5.41) is 3.44. The Morgan fingerprint density at radius 3 is 2.48 bits per heavy atom. The standard InChI is InChI=1S/C18H18F4N2O/c19-15-10-12(6-7-17(15)25-18(20,21)22)16-11-14(8-9-23-16)24-13-4-2-1-3-5-13/h6-11,13H,1-5H2,(H,23,24). The molecule has 25 heavy (non-hydrogen) atoms. The predicted molar refractivity (Wildman–Crippen MR) is 86.8 cm³/mol. The minimum absolute atomic E-state index is 0.388. The van der Waals surface area contributed by atoms with E-state index >= 15 is 0 Å². The number of hydrogen-bond donors (Lipinski definition) is 1. The van der Waals surface area contributed by atoms with Crippen LogP contribution in [0.4, 0.5) is 23.2 Å². The summed E-state index contributed by atoms with van der Waals surface area (Å²) in [7, 11) is 0. The Morgan fingerprint density at radius 2 is 1.80 bits per heavy atom. The summed E-state index contributed by atoms with van der Waals surface area (Å²) in [6.07, 6.45) is 2.53. The first-order valence-electron chi connectivity index (χ1n) is 8.19. The third kappa shape index (κ3) is 4.84. The van der Waals surface area contributed by atoms with Crippen LogP contribution >= 0.6 is 0 Å². The lowest BCUT2D eigenvalue weighted by molar-refractivity contribution is -0.275. The summed E-state index contributed by atoms with van der Waals surface area (Å²) in [4.78, 5) is 4.18. The van der Waals surface area contributed by atoms with Crippen LogP contribution in [-0.2, 0) is 0 Å². The molecule has 0 unspecified atom stereocenters. The highest BCUT2D eigenvalue weighted by Gasteiger charge is 2.32. The molecule has 0 atom stereocenters. The first-order chi connectivity index (χ1) is 11.9. The van der Waals surface area contributed by atoms with Crippen molar-refractivity contribution in [3.63, 3.8) is 0 Å². The van der Waals surface area contributed by atoms with Crippen LogP contribution < -0.4 is 10.1 Å². The van der Waals surface area contributed by atoms with Gasteiger partial charge in [0.15, 0.2) is 11.6 Å². The van der Waals surface area contributed by atoms with Crippen LogP contribution in [0.1, 0.15) is 32.1 Å². The molecule has 1 saturated carbocycles. The quantitative estimate of drug-likeness (QED) is 0.733. The average Bonchev–Trinajstić information content (AvgIpc) is 2.57. The van der Waals surface area contributed by atoms with E-state index in [1.54, 1.807) is 12.3 Å². The van der Waals surface area contributed by atoms with Crippen LogP contribution in [0.5, 0.6) is 5.75 Å². The number of pyridine rings is 1. The molecular formula is C18H18F4N2O. The van der Waals surface area contributed by atoms with E-state index in [-0.39, 0.29) is 0 Å². The molecule has 1 heterocycles. The van der Waals surface area contributed by atoms with Crippen molar-refractivity contribution in [3.8, 4) is 17.0 Å². The summed E-state index contributed by atoms with van der Waals surface area (Å²) in [6, 6.07) is 7.32. The van der Waals surface area contributed by atoms with E-state index in [1.165, 1.54) is 25.3 Å². The molecule has 3 rings (SSSR count). The van der Waals surface area contributed by atoms with E-state index in [0.29, 0.717) is 17.3 Å². The molecule has 0 spiro atoms. The lowest BCUT2D eigenvalue weighted by Gasteiger charge is -2.24. The second-order valence-corrected chi connectivity index (χ2v) is 6.10. The number of ether oxygens (including phenoxy) is 1. The molecule has 0 radical (unpaired) electrons. The van der Waals surface area contributed by atoms with E-state index < -0.39 is 17.9 Å². The van der Waals surface area contributed by atoms with Crippen LogP contribution in [-0.4, -0.2) is 17.4 Å². The van der Waals surface area contributed by atoms with Gasteiger partial charge < -0.3 is 10.1 Å². The van der Waals surface area contributed by atoms with Crippen molar-refractivity contribution in [1.29, 1.82) is 0 Å². The Labute approximate surface area is 143 Å². The third-order valence-electron chi connectivity index (χ3n) is 4.19. The fourth-order valence-electron chi connectivity index (χ4n) is 3.03. The average molecular weight is 354 g/mol. The molecule has 1 aromatic carbocycles. The minimum atomic E-state index is -4.93. The maximum Gasteiger partial charge on any atom is 0.573 e. The van der Waals surface area contributed by atoms with Gasteiger partial charge in [-0.25, -0.2) is 4.39 Å². The molecule has 1 N–H and O–H groups in total. The minimum Gasteiger partial charge on any atom is -0.403 e. The van der Waals surface area contributed by atoms with E-state index in [0.717, 1.165) is 30.7 Å². The number of aromatic nitrogens is 1. The van der Waals surface area contributed by atoms with Crippen LogP contribution in [0.2, 0.25) is 0 Å². The molecule has 1 aliphatic carbocycles. The molecule has 1 aromatic heterocycles. The maximum absolute atomic E-state index is 13.9. The van der Waals surface area contributed by atoms with Gasteiger partial charge in [0.2, 0.25) is 0 Å². The zero-order valence-electron chi connectivity index (χ0n) is 13.4. The van der Waals surface area contributed by atoms with E-state index in [2.05, 4.69) is 15.0 Å². The number of anilines is 1. The SMILES string of the molecule is Fc1cc(-c2cc(NC3CCCCC3)ccn2)ccc1OC(F)(F)F. The smallest absolute Gasteiger partial charge is 0.403 e. The number of nitrogens with zero attached hydrogens (tertiary/aromatic N) is 1. The number of hydrogen-bond acceptors (Lipinski definition) is 3. The molecule has 0 aliphatic heterocycles. The van der Waals surface area contributed by atoms with Gasteiger partial charge in [-0.3, -0.25) is 4.98 Å². The van der Waals surface area contributed by atoms with Crippen molar-refractivity contribution in [2.24, 2.45) is 0 Å². The Kier molecular flexibility index (Phi) is 5.11. The van der Waals surface area contributed by atoms with Crippen molar-refractivity contribution in [2.75, 3.05) is 5.32 Å². The first-order valence-corrected chi connectivity index (χ1v) is 8.19. The Balaban J connectivity index is 1.77. The Bertz CT molecular complexity index is 727. The number of benzene rings is 1. The van der Waals surface area contributed by atoms with Gasteiger partial charge in [-0.2, -0.15) is 0 Å². The zero-order chi connectivity index (χ0) is 17.9. The molecular weight excluding hydrogens is 336 g/mol. The highest BCUT2D eigenvalue weighted by Crippen LogP contribution is 2.30. The summed E-state index contributed by atoms with van der Waals surface area (Å²) >= 11 is 0. The molecule has 0 saturated heterocycles. The zero-order valence-corrected chi connectivity index (χ0v) is 13.4. The lowest BCUT2D eigenvalue weighted by Crippen LogP contribution is -2.22. The fraction of sp³-hybridized carbons (Fsp3) is 0.389. The summed E-state index contributed by atoms with van der Waals surface area (Å²) in [6.45, 7) is 0. The van der Waals surface area contributed by atoms with Crippen molar-refractivity contribution < 1.29 is 22.3 Å². The van der Waals surface area contributed by atoms with Crippen molar-refractivity contribution >= 4 is 5.69 Å². The predicted octanol–water partition coefficient (Wildman–Crippen LogP) is 5.53. The molecule has 7 heteroatoms. The molecule has 134 valence electrons. The highest BCUT2D eigenvalue weighted by atomic mass is 19.4. The van der Waals surface area contributed by atoms with Gasteiger partial charge in [-0.1, -0.05) is 19.3 Å². The van der Waals surface area contributed by atoms with Gasteiger partial charge in [0.1, 0.15) is 0 Å². The largest absolute Gasteiger partial charge is 0.573 e. The van der Waals surface area contributed by atoms with Gasteiger partial charge in [0, 0.05) is 23.5 Å². The molecule has 1 fully saturated rings. The van der Waals surface area contributed by atoms with Gasteiger partial charge in [-0.15, -0.1) is 13.2 Å². The van der Waals surface area contributed by atoms with Crippen molar-refractivity contribution in [2.45, 2.75) is 44.5 Å². The molecule has 0 bridgehead atoms. The lowest BCUT2D eigenvalue weighted by atomic mass is 9.95. The van der Waals surface area contributed by atoms with Crippen LogP contribution in [0.25, 0.3) is 11.3 Å². The number of alkyl halides is 3. The summed E-state index contributed by atoms with van der Waals surface area (Å²) in [5.41, 5.74) is 1.74. The molecule has 1 aliphatic rings. The van der Waals surface area contributed by atoms with Gasteiger partial charge >= 0.3 is 6.36 Å². The van der Waals surface area contributed by atoms with Gasteiger partial charge in [0.25, 0.3) is 0 Å². The van der Waals surface area contributed by atoms with E-state index in [9.17, 15) is 17.6 Å². The Morgan fingerprint density at radius 1 is 1.04 bits per heavy atom. The topological polar surface area (TPSA) is 34.2 Å². The number of rotatable bonds is 4. The normalized spacial score (nSPS) is 15.8. The molecule has 3 nitrogen and oxygen atoms in total. The van der Waals surface area contributed by atoms with Gasteiger partial charge in [-0.05, 0) is 43.2 Å². The molecule has 0 amide bonds. The van der Waals surface area contributed by atoms with Crippen molar-refractivity contribution in [3.05, 3.63) is 42.3 Å². The Hall–Kier alpha value is -2.31. The monoisotopic (exact) mass is 354 g/mol. The first kappa shape index (κ1) is 17.5. The molecule has 2 aromatic rings. The van der Waals surface area contributed by atoms with Crippen LogP contribution in [0.3, 0.4) is 0 Å². The van der Waals surface area contributed by atoms with Crippen LogP contribution in [0, 0.1) is 5.82 Å². The number of nitrogens with one attached hydrogen (secondary N) is 1. The summed E-state index contributed by atoms with van der Waals surface area (Å²) in [5.74, 6) is -1.94.